The predicted octanol–water partition coefficient (Wildman–Crippen LogP) is 4.27. The monoisotopic (exact) mass is 633 g/mol. The lowest BCUT2D eigenvalue weighted by Gasteiger charge is -2.34. The van der Waals surface area contributed by atoms with Crippen molar-refractivity contribution in [2.45, 2.75) is 9.79 Å². The molecule has 14 heteroatoms. The van der Waals surface area contributed by atoms with Crippen LogP contribution in [0.1, 0.15) is 20.8 Å². The number of aromatic nitrogens is 3. The van der Waals surface area contributed by atoms with Crippen LogP contribution in [0.4, 0.5) is 26.0 Å². The fourth-order valence-electron chi connectivity index (χ4n) is 5.23. The number of aromatic amines is 1. The maximum Gasteiger partial charge on any atom is 0.272 e. The number of H-pyrrole nitrogens is 1. The molecule has 0 bridgehead atoms. The molecular weight excluding hydrogens is 604 g/mol. The number of carbonyl (C=O) groups excluding carboxylic acids is 2. The normalized spacial score (nSPS) is 14.1. The fourth-order valence-corrected chi connectivity index (χ4v) is 6.56. The highest BCUT2D eigenvalue weighted by Crippen LogP contribution is 2.30. The Morgan fingerprint density at radius 2 is 1.58 bits per heavy atom. The van der Waals surface area contributed by atoms with E-state index in [-0.39, 0.29) is 27.4 Å². The Bertz CT molecular complexity index is 2030. The molecule has 1 saturated heterocycles. The van der Waals surface area contributed by atoms with Crippen LogP contribution in [0.3, 0.4) is 0 Å². The van der Waals surface area contributed by atoms with Crippen molar-refractivity contribution in [2.75, 3.05) is 48.8 Å². The van der Waals surface area contributed by atoms with Gasteiger partial charge in [0.1, 0.15) is 17.3 Å². The van der Waals surface area contributed by atoms with Crippen molar-refractivity contribution in [1.29, 1.82) is 0 Å². The van der Waals surface area contributed by atoms with Gasteiger partial charge < -0.3 is 25.0 Å². The quantitative estimate of drug-likeness (QED) is 0.244. The van der Waals surface area contributed by atoms with Crippen molar-refractivity contribution < 1.29 is 26.8 Å². The Hall–Kier alpha value is -5.08. The highest BCUT2D eigenvalue weighted by Gasteiger charge is 2.24. The van der Waals surface area contributed by atoms with Gasteiger partial charge in [-0.25, -0.2) is 17.2 Å². The van der Waals surface area contributed by atoms with Crippen LogP contribution in [0.15, 0.2) is 82.7 Å². The second kappa shape index (κ2) is 11.8. The van der Waals surface area contributed by atoms with Crippen LogP contribution in [-0.2, 0) is 16.9 Å². The minimum absolute atomic E-state index is 0.0281. The Morgan fingerprint density at radius 1 is 0.844 bits per heavy atom. The molecule has 1 aliphatic rings. The number of piperazine rings is 1. The second-order valence-corrected chi connectivity index (χ2v) is 12.8. The van der Waals surface area contributed by atoms with E-state index >= 15 is 0 Å². The van der Waals surface area contributed by atoms with Gasteiger partial charge in [0.25, 0.3) is 11.8 Å². The van der Waals surface area contributed by atoms with Gasteiger partial charge in [-0.15, -0.1) is 0 Å². The molecule has 1 aliphatic heterocycles. The van der Waals surface area contributed by atoms with Crippen molar-refractivity contribution in [2.24, 2.45) is 7.05 Å². The highest BCUT2D eigenvalue weighted by molar-refractivity contribution is 7.91. The molecule has 0 atom stereocenters. The van der Waals surface area contributed by atoms with Gasteiger partial charge in [-0.2, -0.15) is 5.10 Å². The van der Waals surface area contributed by atoms with E-state index in [2.05, 4.69) is 37.7 Å². The number of rotatable bonds is 7. The molecule has 0 unspecified atom stereocenters. The highest BCUT2D eigenvalue weighted by atomic mass is 32.2. The van der Waals surface area contributed by atoms with E-state index in [1.807, 2.05) is 6.07 Å². The molecule has 0 saturated carbocycles. The third-order valence-electron chi connectivity index (χ3n) is 7.76. The minimum atomic E-state index is -4.31. The van der Waals surface area contributed by atoms with Crippen molar-refractivity contribution in [3.05, 3.63) is 95.8 Å². The molecule has 5 aromatic rings. The summed E-state index contributed by atoms with van der Waals surface area (Å²) in [6.45, 7) is 3.29. The van der Waals surface area contributed by atoms with Crippen LogP contribution < -0.4 is 15.5 Å². The number of hydrogen-bond donors (Lipinski definition) is 3. The van der Waals surface area contributed by atoms with Crippen LogP contribution in [0.5, 0.6) is 0 Å². The first-order valence-electron chi connectivity index (χ1n) is 14.0. The number of anilines is 3. The number of aryl methyl sites for hydroxylation is 1. The number of nitrogens with zero attached hydrogens (tertiary/aromatic N) is 4. The largest absolute Gasteiger partial charge is 0.369 e. The van der Waals surface area contributed by atoms with Crippen LogP contribution >= 0.6 is 0 Å². The van der Waals surface area contributed by atoms with Crippen molar-refractivity contribution in [3.63, 3.8) is 0 Å². The van der Waals surface area contributed by atoms with E-state index in [0.717, 1.165) is 44.0 Å². The van der Waals surface area contributed by atoms with Gasteiger partial charge in [0.2, 0.25) is 9.84 Å². The molecule has 1 fully saturated rings. The number of nitrogens with one attached hydrogen (secondary N) is 3. The summed E-state index contributed by atoms with van der Waals surface area (Å²) < 4.78 is 55.7. The number of carbonyl (C=O) groups is 2. The summed E-state index contributed by atoms with van der Waals surface area (Å²) in [5.41, 5.74) is 2.10. The smallest absolute Gasteiger partial charge is 0.272 e. The molecular formula is C31H29F2N7O4S. The predicted molar refractivity (Wildman–Crippen MR) is 165 cm³/mol. The van der Waals surface area contributed by atoms with Gasteiger partial charge in [0, 0.05) is 56.6 Å². The van der Waals surface area contributed by atoms with Crippen molar-refractivity contribution in [1.82, 2.24) is 19.7 Å². The molecule has 2 aromatic heterocycles. The van der Waals surface area contributed by atoms with Gasteiger partial charge in [0.15, 0.2) is 5.82 Å². The molecule has 11 nitrogen and oxygen atoms in total. The van der Waals surface area contributed by atoms with E-state index in [0.29, 0.717) is 17.3 Å². The minimum Gasteiger partial charge on any atom is -0.369 e. The molecule has 0 aliphatic carbocycles. The Morgan fingerprint density at radius 3 is 2.27 bits per heavy atom. The lowest BCUT2D eigenvalue weighted by atomic mass is 10.1. The number of amides is 2. The first kappa shape index (κ1) is 30.0. The van der Waals surface area contributed by atoms with E-state index < -0.39 is 38.2 Å². The van der Waals surface area contributed by atoms with E-state index in [9.17, 15) is 26.8 Å². The zero-order valence-corrected chi connectivity index (χ0v) is 25.2. The summed E-state index contributed by atoms with van der Waals surface area (Å²) in [4.78, 5) is 30.5. The number of likely N-dealkylation sites (N-methyl/N-ethyl adjacent to an activating group) is 1. The Balaban J connectivity index is 1.33. The fraction of sp³-hybridized carbons (Fsp3) is 0.194. The molecule has 45 heavy (non-hydrogen) atoms. The third-order valence-corrected chi connectivity index (χ3v) is 9.49. The van der Waals surface area contributed by atoms with Crippen LogP contribution in [0, 0.1) is 11.6 Å². The third kappa shape index (κ3) is 6.01. The number of halogens is 2. The molecule has 3 aromatic carbocycles. The van der Waals surface area contributed by atoms with Crippen LogP contribution in [0.2, 0.25) is 0 Å². The van der Waals surface area contributed by atoms with E-state index in [4.69, 9.17) is 0 Å². The molecule has 2 amide bonds. The number of benzene rings is 3. The van der Waals surface area contributed by atoms with Crippen LogP contribution in [0.25, 0.3) is 10.9 Å². The van der Waals surface area contributed by atoms with Gasteiger partial charge in [-0.1, -0.05) is 0 Å². The summed E-state index contributed by atoms with van der Waals surface area (Å²) in [7, 11) is -0.515. The second-order valence-electron chi connectivity index (χ2n) is 10.8. The lowest BCUT2D eigenvalue weighted by molar-refractivity contribution is 0.101. The molecule has 3 N–H and O–H groups in total. The molecule has 3 heterocycles. The zero-order valence-electron chi connectivity index (χ0n) is 24.3. The molecule has 0 spiro atoms. The summed E-state index contributed by atoms with van der Waals surface area (Å²) in [5.74, 6) is -3.03. The topological polar surface area (TPSA) is 132 Å². The average molecular weight is 634 g/mol. The van der Waals surface area contributed by atoms with Gasteiger partial charge >= 0.3 is 0 Å². The van der Waals surface area contributed by atoms with Gasteiger partial charge in [-0.05, 0) is 67.7 Å². The van der Waals surface area contributed by atoms with Gasteiger partial charge in [-0.3, -0.25) is 14.7 Å². The van der Waals surface area contributed by atoms with Crippen molar-refractivity contribution >= 4 is 49.7 Å². The Labute approximate surface area is 257 Å². The van der Waals surface area contributed by atoms with Crippen LogP contribution in [-0.4, -0.2) is 73.1 Å². The summed E-state index contributed by atoms with van der Waals surface area (Å²) in [5, 5.41) is 12.7. The SMILES string of the molecule is CN1CCN(c2ccc(C(=O)Nc3n[nH]c4ccc(S(=O)(=O)c5cc(F)cc(F)c5)cc34)c(NC(=O)c3cccn3C)c2)CC1. The molecule has 6 rings (SSSR count). The maximum absolute atomic E-state index is 13.8. The van der Waals surface area contributed by atoms with Crippen molar-refractivity contribution in [3.8, 4) is 0 Å². The average Bonchev–Trinajstić information content (AvgIpc) is 3.62. The van der Waals surface area contributed by atoms with E-state index in [1.165, 1.54) is 18.2 Å². The summed E-state index contributed by atoms with van der Waals surface area (Å²) >= 11 is 0. The number of fused-ring (bicyclic) bond motifs is 1. The summed E-state index contributed by atoms with van der Waals surface area (Å²) in [6.07, 6.45) is 1.74. The summed E-state index contributed by atoms with van der Waals surface area (Å²) in [6, 6.07) is 14.6. The van der Waals surface area contributed by atoms with E-state index in [1.54, 1.807) is 42.1 Å². The standard InChI is InChI=1S/C31H29F2N7O4S/c1-38-10-12-40(13-11-38)21-5-7-24(27(17-21)34-31(42)28-4-3-9-39(28)2)30(41)35-29-25-18-22(6-8-26(25)36-37-29)45(43,44)23-15-19(32)14-20(33)16-23/h3-9,14-18H,10-13H2,1-2H3,(H,34,42)(H2,35,36,37,41). The zero-order chi connectivity index (χ0) is 31.9. The molecule has 0 radical (unpaired) electrons. The van der Waals surface area contributed by atoms with Gasteiger partial charge in [0.05, 0.1) is 26.6 Å². The number of hydrogen-bond acceptors (Lipinski definition) is 7. The maximum atomic E-state index is 13.8. The first-order chi connectivity index (χ1) is 21.5. The Kier molecular flexibility index (Phi) is 7.85. The number of sulfone groups is 1. The molecule has 232 valence electrons. The first-order valence-corrected chi connectivity index (χ1v) is 15.5. The lowest BCUT2D eigenvalue weighted by Crippen LogP contribution is -2.44.